The third kappa shape index (κ3) is 2.47. The zero-order valence-electron chi connectivity index (χ0n) is 10.2. The summed E-state index contributed by atoms with van der Waals surface area (Å²) in [6, 6.07) is 4.95. The van der Waals surface area contributed by atoms with E-state index in [1.54, 1.807) is 18.2 Å². The van der Waals surface area contributed by atoms with Crippen molar-refractivity contribution in [3.8, 4) is 5.75 Å². The molecule has 2 fully saturated rings. The minimum Gasteiger partial charge on any atom is -0.487 e. The van der Waals surface area contributed by atoms with Gasteiger partial charge in [-0.05, 0) is 43.9 Å². The molecule has 1 saturated carbocycles. The largest absolute Gasteiger partial charge is 0.487 e. The van der Waals surface area contributed by atoms with Crippen molar-refractivity contribution in [2.24, 2.45) is 11.8 Å². The van der Waals surface area contributed by atoms with Crippen LogP contribution in [0.5, 0.6) is 5.75 Å². The van der Waals surface area contributed by atoms with Gasteiger partial charge < -0.3 is 10.1 Å². The molecule has 0 aromatic heterocycles. The van der Waals surface area contributed by atoms with E-state index in [-0.39, 0.29) is 11.1 Å². The Balaban J connectivity index is 1.77. The third-order valence-electron chi connectivity index (χ3n) is 3.83. The van der Waals surface area contributed by atoms with Gasteiger partial charge in [0.2, 0.25) is 0 Å². The van der Waals surface area contributed by atoms with E-state index in [1.807, 2.05) is 0 Å². The Kier molecular flexibility index (Phi) is 3.44. The van der Waals surface area contributed by atoms with Gasteiger partial charge in [0.25, 0.3) is 0 Å². The van der Waals surface area contributed by atoms with E-state index in [4.69, 9.17) is 16.3 Å². The summed E-state index contributed by atoms with van der Waals surface area (Å²) in [7, 11) is 0. The number of halogens is 2. The number of benzene rings is 1. The minimum atomic E-state index is -0.434. The molecular weight excluding hydrogens is 253 g/mol. The number of ether oxygens (including phenoxy) is 1. The quantitative estimate of drug-likeness (QED) is 0.906. The van der Waals surface area contributed by atoms with Gasteiger partial charge in [-0.25, -0.2) is 4.39 Å². The van der Waals surface area contributed by atoms with E-state index in [0.717, 1.165) is 19.5 Å². The summed E-state index contributed by atoms with van der Waals surface area (Å²) in [6.07, 6.45) is 3.64. The summed E-state index contributed by atoms with van der Waals surface area (Å²) < 4.78 is 19.8. The zero-order valence-corrected chi connectivity index (χ0v) is 10.9. The summed E-state index contributed by atoms with van der Waals surface area (Å²) in [4.78, 5) is 0. The van der Waals surface area contributed by atoms with Crippen molar-refractivity contribution in [3.63, 3.8) is 0 Å². The molecule has 1 aliphatic carbocycles. The van der Waals surface area contributed by atoms with Crippen LogP contribution < -0.4 is 10.1 Å². The Bertz CT molecular complexity index is 430. The summed E-state index contributed by atoms with van der Waals surface area (Å²) in [5, 5.41) is 3.48. The van der Waals surface area contributed by atoms with Crippen LogP contribution in [0.1, 0.15) is 19.3 Å². The van der Waals surface area contributed by atoms with Crippen molar-refractivity contribution in [3.05, 3.63) is 29.0 Å². The Morgan fingerprint density at radius 3 is 2.78 bits per heavy atom. The molecule has 18 heavy (non-hydrogen) atoms. The van der Waals surface area contributed by atoms with Crippen LogP contribution in [0.15, 0.2) is 18.2 Å². The van der Waals surface area contributed by atoms with Crippen molar-refractivity contribution in [1.29, 1.82) is 0 Å². The molecule has 2 atom stereocenters. The highest BCUT2D eigenvalue weighted by Crippen LogP contribution is 2.40. The lowest BCUT2D eigenvalue weighted by molar-refractivity contribution is 0.115. The van der Waals surface area contributed by atoms with E-state index < -0.39 is 5.82 Å². The molecule has 0 amide bonds. The predicted octanol–water partition coefficient (Wildman–Crippen LogP) is 3.25. The average molecular weight is 270 g/mol. The maximum absolute atomic E-state index is 13.9. The molecule has 1 aromatic carbocycles. The second-order valence-corrected chi connectivity index (χ2v) is 5.63. The highest BCUT2D eigenvalue weighted by Gasteiger charge is 2.39. The van der Waals surface area contributed by atoms with E-state index in [0.29, 0.717) is 17.6 Å². The van der Waals surface area contributed by atoms with E-state index in [2.05, 4.69) is 5.32 Å². The molecule has 1 aromatic rings. The van der Waals surface area contributed by atoms with Gasteiger partial charge in [0.1, 0.15) is 6.10 Å². The fourth-order valence-electron chi connectivity index (χ4n) is 2.68. The third-order valence-corrected chi connectivity index (χ3v) is 4.12. The molecule has 3 rings (SSSR count). The summed E-state index contributed by atoms with van der Waals surface area (Å²) in [6.45, 7) is 2.01. The van der Waals surface area contributed by atoms with Gasteiger partial charge in [0, 0.05) is 12.5 Å². The molecule has 0 radical (unpaired) electrons. The molecule has 1 N–H and O–H groups in total. The number of rotatable bonds is 4. The van der Waals surface area contributed by atoms with Crippen molar-refractivity contribution < 1.29 is 9.13 Å². The molecule has 0 spiro atoms. The first-order valence-electron chi connectivity index (χ1n) is 6.57. The van der Waals surface area contributed by atoms with Crippen LogP contribution in [-0.4, -0.2) is 19.2 Å². The fraction of sp³-hybridized carbons (Fsp3) is 0.571. The molecule has 0 bridgehead atoms. The first-order valence-corrected chi connectivity index (χ1v) is 6.95. The van der Waals surface area contributed by atoms with Crippen LogP contribution in [0, 0.1) is 17.7 Å². The van der Waals surface area contributed by atoms with Gasteiger partial charge in [-0.2, -0.15) is 0 Å². The first kappa shape index (κ1) is 12.2. The lowest BCUT2D eigenvalue weighted by Crippen LogP contribution is -2.31. The fourth-order valence-corrected chi connectivity index (χ4v) is 2.85. The molecule has 4 heteroatoms. The maximum atomic E-state index is 13.9. The molecular formula is C14H17ClFNO. The summed E-state index contributed by atoms with van der Waals surface area (Å²) in [5.41, 5.74) is 0. The van der Waals surface area contributed by atoms with E-state index in [9.17, 15) is 4.39 Å². The maximum Gasteiger partial charge on any atom is 0.183 e. The second kappa shape index (κ2) is 5.06. The van der Waals surface area contributed by atoms with Gasteiger partial charge in [-0.1, -0.05) is 17.7 Å². The summed E-state index contributed by atoms with van der Waals surface area (Å²) >= 11 is 5.78. The zero-order chi connectivity index (χ0) is 12.5. The Hall–Kier alpha value is -0.800. The SMILES string of the molecule is Fc1c(Cl)cccc1O[C@@H](C1CC1)[C@H]1CCNC1. The average Bonchev–Trinajstić information content (AvgIpc) is 3.06. The number of hydrogen-bond acceptors (Lipinski definition) is 2. The molecule has 1 aliphatic heterocycles. The molecule has 1 saturated heterocycles. The van der Waals surface area contributed by atoms with Crippen LogP contribution in [0.4, 0.5) is 4.39 Å². The van der Waals surface area contributed by atoms with Gasteiger partial charge in [0.15, 0.2) is 11.6 Å². The molecule has 1 heterocycles. The Morgan fingerprint density at radius 2 is 2.11 bits per heavy atom. The Labute approximate surface area is 111 Å². The highest BCUT2D eigenvalue weighted by atomic mass is 35.5. The minimum absolute atomic E-state index is 0.131. The van der Waals surface area contributed by atoms with E-state index in [1.165, 1.54) is 12.8 Å². The van der Waals surface area contributed by atoms with Crippen molar-refractivity contribution >= 4 is 11.6 Å². The number of nitrogens with one attached hydrogen (secondary N) is 1. The van der Waals surface area contributed by atoms with Crippen molar-refractivity contribution in [1.82, 2.24) is 5.32 Å². The normalized spacial score (nSPS) is 25.1. The lowest BCUT2D eigenvalue weighted by Gasteiger charge is -2.24. The molecule has 0 unspecified atom stereocenters. The van der Waals surface area contributed by atoms with Gasteiger partial charge >= 0.3 is 0 Å². The number of hydrogen-bond donors (Lipinski definition) is 1. The van der Waals surface area contributed by atoms with Crippen LogP contribution in [0.3, 0.4) is 0 Å². The van der Waals surface area contributed by atoms with Crippen molar-refractivity contribution in [2.75, 3.05) is 13.1 Å². The topological polar surface area (TPSA) is 21.3 Å². The van der Waals surface area contributed by atoms with Crippen molar-refractivity contribution in [2.45, 2.75) is 25.4 Å². The monoisotopic (exact) mass is 269 g/mol. The molecule has 2 aliphatic rings. The first-order chi connectivity index (χ1) is 8.75. The van der Waals surface area contributed by atoms with Gasteiger partial charge in [0.05, 0.1) is 5.02 Å². The van der Waals surface area contributed by atoms with Crippen LogP contribution in [-0.2, 0) is 0 Å². The second-order valence-electron chi connectivity index (χ2n) is 5.22. The van der Waals surface area contributed by atoms with Crippen LogP contribution in [0.25, 0.3) is 0 Å². The van der Waals surface area contributed by atoms with Gasteiger partial charge in [-0.3, -0.25) is 0 Å². The smallest absolute Gasteiger partial charge is 0.183 e. The molecule has 98 valence electrons. The standard InChI is InChI=1S/C14H17ClFNO/c15-11-2-1-3-12(13(11)16)18-14(9-4-5-9)10-6-7-17-8-10/h1-3,9-10,14,17H,4-8H2/t10-,14-/m0/s1. The Morgan fingerprint density at radius 1 is 1.28 bits per heavy atom. The predicted molar refractivity (Wildman–Crippen MR) is 69.5 cm³/mol. The van der Waals surface area contributed by atoms with E-state index >= 15 is 0 Å². The summed E-state index contributed by atoms with van der Waals surface area (Å²) in [5.74, 6) is 0.950. The van der Waals surface area contributed by atoms with Gasteiger partial charge in [-0.15, -0.1) is 0 Å². The lowest BCUT2D eigenvalue weighted by atomic mass is 9.97. The highest BCUT2D eigenvalue weighted by molar-refractivity contribution is 6.30. The molecule has 2 nitrogen and oxygen atoms in total. The van der Waals surface area contributed by atoms with Crippen LogP contribution >= 0.6 is 11.6 Å². The van der Waals surface area contributed by atoms with Crippen LogP contribution in [0.2, 0.25) is 5.02 Å².